The smallest absolute Gasteiger partial charge is 0.281 e. The largest absolute Gasteiger partial charge is 0.361 e. The highest BCUT2D eigenvalue weighted by atomic mass is 32.2. The van der Waals surface area contributed by atoms with E-state index in [0.717, 1.165) is 6.42 Å². The van der Waals surface area contributed by atoms with Gasteiger partial charge in [0.15, 0.2) is 0 Å². The Bertz CT molecular complexity index is 1720. The van der Waals surface area contributed by atoms with Crippen molar-refractivity contribution in [3.8, 4) is 44.5 Å². The van der Waals surface area contributed by atoms with Crippen molar-refractivity contribution >= 4 is 10.1 Å². The SMILES string of the molecule is Cc1ccc(-c2c3c(cc(-c4ccccc4)c2-c2ccccc2)-c2ccccc2C3)cc1.O=S(=O)(O)C(F)F. The molecular formula is C33H26F2O3S. The first-order valence-electron chi connectivity index (χ1n) is 12.4. The molecule has 3 nitrogen and oxygen atoms in total. The first kappa shape index (κ1) is 26.5. The van der Waals surface area contributed by atoms with Crippen LogP contribution in [0.15, 0.2) is 115 Å². The Morgan fingerprint density at radius 2 is 1.15 bits per heavy atom. The second-order valence-corrected chi connectivity index (χ2v) is 10.8. The number of aryl methyl sites for hydroxylation is 1. The van der Waals surface area contributed by atoms with Crippen LogP contribution in [0.5, 0.6) is 0 Å². The van der Waals surface area contributed by atoms with E-state index in [2.05, 4.69) is 122 Å². The number of rotatable bonds is 4. The standard InChI is InChI=1S/C32H24.CH2F2O3S/c1-22-16-18-25(19-17-22)32-30-20-26-14-8-9-15-27(26)29(30)21-28(23-10-4-2-5-11-23)31(32)24-12-6-3-7-13-24;2-1(3)7(4,5)6/h2-19,21H,20H2,1H3;1H,(H,4,5,6). The molecule has 0 saturated heterocycles. The molecule has 0 aliphatic heterocycles. The molecule has 6 heteroatoms. The molecular weight excluding hydrogens is 514 g/mol. The zero-order chi connectivity index (χ0) is 27.6. The van der Waals surface area contributed by atoms with E-state index in [1.165, 1.54) is 61.2 Å². The van der Waals surface area contributed by atoms with E-state index in [-0.39, 0.29) is 0 Å². The van der Waals surface area contributed by atoms with Crippen LogP contribution in [0.25, 0.3) is 44.5 Å². The summed E-state index contributed by atoms with van der Waals surface area (Å²) in [5.41, 5.74) is 14.7. The summed E-state index contributed by atoms with van der Waals surface area (Å²) in [5, 5.41) is 0. The van der Waals surface area contributed by atoms with Crippen LogP contribution in [0.2, 0.25) is 0 Å². The molecule has 0 unspecified atom stereocenters. The van der Waals surface area contributed by atoms with Crippen LogP contribution in [0.1, 0.15) is 16.7 Å². The van der Waals surface area contributed by atoms with Crippen molar-refractivity contribution in [2.75, 3.05) is 0 Å². The lowest BCUT2D eigenvalue weighted by Crippen LogP contribution is -2.07. The number of hydrogen-bond acceptors (Lipinski definition) is 2. The molecule has 0 heterocycles. The molecule has 1 aliphatic rings. The predicted molar refractivity (Wildman–Crippen MR) is 153 cm³/mol. The topological polar surface area (TPSA) is 54.4 Å². The second-order valence-electron chi connectivity index (χ2n) is 9.41. The van der Waals surface area contributed by atoms with Gasteiger partial charge in [-0.1, -0.05) is 115 Å². The summed E-state index contributed by atoms with van der Waals surface area (Å²) < 4.78 is 47.0. The van der Waals surface area contributed by atoms with Gasteiger partial charge in [0, 0.05) is 0 Å². The monoisotopic (exact) mass is 540 g/mol. The maximum absolute atomic E-state index is 10.7. The number of halogens is 2. The number of hydrogen-bond donors (Lipinski definition) is 1. The van der Waals surface area contributed by atoms with Crippen LogP contribution in [-0.4, -0.2) is 18.7 Å². The Morgan fingerprint density at radius 1 is 0.641 bits per heavy atom. The van der Waals surface area contributed by atoms with E-state index in [4.69, 9.17) is 13.0 Å². The van der Waals surface area contributed by atoms with Crippen LogP contribution in [0.4, 0.5) is 8.78 Å². The Hall–Kier alpha value is -4.13. The average molecular weight is 541 g/mol. The summed E-state index contributed by atoms with van der Waals surface area (Å²) in [5.74, 6) is -3.67. The molecule has 0 amide bonds. The third-order valence-corrected chi connectivity index (χ3v) is 7.27. The lowest BCUT2D eigenvalue weighted by molar-refractivity contribution is 0.217. The Kier molecular flexibility index (Phi) is 7.42. The molecule has 0 bridgehead atoms. The van der Waals surface area contributed by atoms with Gasteiger partial charge in [0.1, 0.15) is 0 Å². The predicted octanol–water partition coefficient (Wildman–Crippen LogP) is 8.66. The van der Waals surface area contributed by atoms with Gasteiger partial charge < -0.3 is 0 Å². The summed E-state index contributed by atoms with van der Waals surface area (Å²) in [6.45, 7) is 2.16. The van der Waals surface area contributed by atoms with Crippen molar-refractivity contribution in [1.82, 2.24) is 0 Å². The molecule has 0 spiro atoms. The minimum Gasteiger partial charge on any atom is -0.281 e. The first-order chi connectivity index (χ1) is 18.7. The molecule has 5 aromatic carbocycles. The highest BCUT2D eigenvalue weighted by molar-refractivity contribution is 7.86. The van der Waals surface area contributed by atoms with Gasteiger partial charge in [0.25, 0.3) is 0 Å². The van der Waals surface area contributed by atoms with E-state index in [0.29, 0.717) is 0 Å². The van der Waals surface area contributed by atoms with Crippen LogP contribution in [0, 0.1) is 6.92 Å². The average Bonchev–Trinajstić information content (AvgIpc) is 3.32. The normalized spacial score (nSPS) is 11.9. The molecule has 0 saturated carbocycles. The molecule has 1 aliphatic carbocycles. The number of fused-ring (bicyclic) bond motifs is 3. The van der Waals surface area contributed by atoms with Crippen LogP contribution in [0.3, 0.4) is 0 Å². The fourth-order valence-electron chi connectivity index (χ4n) is 5.06. The van der Waals surface area contributed by atoms with Crippen molar-refractivity contribution in [3.05, 3.63) is 132 Å². The van der Waals surface area contributed by atoms with Crippen molar-refractivity contribution in [2.45, 2.75) is 19.1 Å². The molecule has 39 heavy (non-hydrogen) atoms. The van der Waals surface area contributed by atoms with Gasteiger partial charge in [0.05, 0.1) is 0 Å². The van der Waals surface area contributed by atoms with Gasteiger partial charge in [-0.25, -0.2) is 0 Å². The highest BCUT2D eigenvalue weighted by Gasteiger charge is 2.27. The highest BCUT2D eigenvalue weighted by Crippen LogP contribution is 2.50. The second kappa shape index (κ2) is 10.9. The summed E-state index contributed by atoms with van der Waals surface area (Å²) in [7, 11) is -5.07. The maximum Gasteiger partial charge on any atom is 0.361 e. The molecule has 1 N–H and O–H groups in total. The first-order valence-corrected chi connectivity index (χ1v) is 13.9. The van der Waals surface area contributed by atoms with E-state index >= 15 is 0 Å². The lowest BCUT2D eigenvalue weighted by Gasteiger charge is -2.21. The van der Waals surface area contributed by atoms with Gasteiger partial charge in [-0.2, -0.15) is 17.2 Å². The fourth-order valence-corrected chi connectivity index (χ4v) is 5.06. The molecule has 0 radical (unpaired) electrons. The van der Waals surface area contributed by atoms with Crippen molar-refractivity contribution in [1.29, 1.82) is 0 Å². The summed E-state index contributed by atoms with van der Waals surface area (Å²) in [4.78, 5) is 0. The van der Waals surface area contributed by atoms with Gasteiger partial charge >= 0.3 is 15.9 Å². The fraction of sp³-hybridized carbons (Fsp3) is 0.0909. The van der Waals surface area contributed by atoms with Gasteiger partial charge in [0.2, 0.25) is 0 Å². The molecule has 196 valence electrons. The number of benzene rings is 5. The van der Waals surface area contributed by atoms with E-state index in [1.807, 2.05) is 0 Å². The Morgan fingerprint density at radius 3 is 1.74 bits per heavy atom. The summed E-state index contributed by atoms with van der Waals surface area (Å²) in [6, 6.07) is 42.0. The summed E-state index contributed by atoms with van der Waals surface area (Å²) >= 11 is 0. The van der Waals surface area contributed by atoms with E-state index in [1.54, 1.807) is 0 Å². The minimum absolute atomic E-state index is 0.976. The van der Waals surface area contributed by atoms with Crippen molar-refractivity contribution < 1.29 is 21.8 Å². The van der Waals surface area contributed by atoms with Crippen molar-refractivity contribution in [2.24, 2.45) is 0 Å². The molecule has 6 rings (SSSR count). The van der Waals surface area contributed by atoms with E-state index in [9.17, 15) is 8.78 Å². The summed E-state index contributed by atoms with van der Waals surface area (Å²) in [6.07, 6.45) is 0.976. The Labute approximate surface area is 227 Å². The maximum atomic E-state index is 10.7. The van der Waals surface area contributed by atoms with Gasteiger partial charge in [-0.15, -0.1) is 0 Å². The minimum atomic E-state index is -5.07. The van der Waals surface area contributed by atoms with Crippen LogP contribution >= 0.6 is 0 Å². The molecule has 0 aromatic heterocycles. The van der Waals surface area contributed by atoms with Crippen molar-refractivity contribution in [3.63, 3.8) is 0 Å². The van der Waals surface area contributed by atoms with E-state index < -0.39 is 15.9 Å². The molecule has 5 aromatic rings. The molecule has 0 fully saturated rings. The zero-order valence-electron chi connectivity index (χ0n) is 21.2. The lowest BCUT2D eigenvalue weighted by atomic mass is 9.82. The number of alkyl halides is 2. The third-order valence-electron chi connectivity index (χ3n) is 6.82. The zero-order valence-corrected chi connectivity index (χ0v) is 22.0. The quantitative estimate of drug-likeness (QED) is 0.228. The van der Waals surface area contributed by atoms with Gasteiger partial charge in [-0.3, -0.25) is 4.55 Å². The third kappa shape index (κ3) is 5.53. The Balaban J connectivity index is 0.000000392. The van der Waals surface area contributed by atoms with Crippen LogP contribution in [-0.2, 0) is 16.5 Å². The molecule has 0 atom stereocenters. The van der Waals surface area contributed by atoms with Gasteiger partial charge in [-0.05, 0) is 75.0 Å². The van der Waals surface area contributed by atoms with Crippen LogP contribution < -0.4 is 0 Å².